The van der Waals surface area contributed by atoms with Crippen molar-refractivity contribution >= 4 is 57.6 Å². The lowest BCUT2D eigenvalue weighted by Crippen LogP contribution is -2.43. The van der Waals surface area contributed by atoms with Gasteiger partial charge in [-0.1, -0.05) is 49.3 Å². The first-order valence-corrected chi connectivity index (χ1v) is 11.0. The minimum atomic E-state index is -0.647. The van der Waals surface area contributed by atoms with Gasteiger partial charge in [0.1, 0.15) is 17.7 Å². The lowest BCUT2D eigenvalue weighted by Gasteiger charge is -2.27. The Morgan fingerprint density at radius 3 is 2.68 bits per heavy atom. The number of benzene rings is 2. The number of amidine groups is 2. The van der Waals surface area contributed by atoms with Gasteiger partial charge >= 0.3 is 0 Å². The minimum Gasteiger partial charge on any atom is -0.323 e. The van der Waals surface area contributed by atoms with Crippen molar-refractivity contribution in [3.8, 4) is 0 Å². The van der Waals surface area contributed by atoms with Gasteiger partial charge in [-0.25, -0.2) is 14.3 Å². The van der Waals surface area contributed by atoms with E-state index >= 15 is 0 Å². The molecule has 2 heterocycles. The van der Waals surface area contributed by atoms with Crippen LogP contribution in [-0.2, 0) is 9.59 Å². The highest BCUT2D eigenvalue weighted by Crippen LogP contribution is 2.36. The highest BCUT2D eigenvalue weighted by atomic mass is 35.5. The summed E-state index contributed by atoms with van der Waals surface area (Å²) in [6, 6.07) is 11.0. The van der Waals surface area contributed by atoms with Crippen LogP contribution >= 0.6 is 23.4 Å². The maximum atomic E-state index is 14.0. The van der Waals surface area contributed by atoms with Crippen LogP contribution in [0.1, 0.15) is 26.3 Å². The van der Waals surface area contributed by atoms with Gasteiger partial charge in [0.2, 0.25) is 5.91 Å². The van der Waals surface area contributed by atoms with E-state index in [1.165, 1.54) is 17.0 Å². The van der Waals surface area contributed by atoms with Gasteiger partial charge in [0.15, 0.2) is 5.17 Å². The number of nitrogens with one attached hydrogen (secondary N) is 1. The summed E-state index contributed by atoms with van der Waals surface area (Å²) in [5, 5.41) is 2.54. The van der Waals surface area contributed by atoms with Crippen molar-refractivity contribution in [2.75, 3.05) is 5.32 Å². The summed E-state index contributed by atoms with van der Waals surface area (Å²) in [5.41, 5.74) is 1.51. The number of hydrogen-bond acceptors (Lipinski definition) is 5. The van der Waals surface area contributed by atoms with E-state index in [0.29, 0.717) is 16.7 Å². The van der Waals surface area contributed by atoms with E-state index in [4.69, 9.17) is 11.6 Å². The summed E-state index contributed by atoms with van der Waals surface area (Å²) >= 11 is 6.89. The number of rotatable bonds is 4. The summed E-state index contributed by atoms with van der Waals surface area (Å²) in [4.78, 5) is 36.5. The predicted octanol–water partition coefficient (Wildman–Crippen LogP) is 4.85. The molecule has 2 amide bonds. The molecule has 1 N–H and O–H groups in total. The molecule has 2 aliphatic heterocycles. The maximum absolute atomic E-state index is 14.0. The van der Waals surface area contributed by atoms with Crippen molar-refractivity contribution < 1.29 is 14.0 Å². The zero-order chi connectivity index (χ0) is 22.3. The average molecular weight is 459 g/mol. The number of para-hydroxylation sites is 1. The molecule has 31 heavy (non-hydrogen) atoms. The summed E-state index contributed by atoms with van der Waals surface area (Å²) in [5.74, 6) is -0.628. The first-order valence-electron chi connectivity index (χ1n) is 9.78. The number of carbonyl (C=O) groups excluding carboxylic acids is 2. The third-order valence-corrected chi connectivity index (χ3v) is 6.26. The molecule has 4 rings (SSSR count). The van der Waals surface area contributed by atoms with Gasteiger partial charge in [-0.3, -0.25) is 14.6 Å². The number of hydrogen-bond donors (Lipinski definition) is 1. The number of anilines is 1. The Balaban J connectivity index is 1.60. The van der Waals surface area contributed by atoms with Crippen molar-refractivity contribution in [2.24, 2.45) is 15.9 Å². The summed E-state index contributed by atoms with van der Waals surface area (Å²) < 4.78 is 14.0. The molecule has 0 saturated heterocycles. The summed E-state index contributed by atoms with van der Waals surface area (Å²) in [6.07, 6.45) is 0. The largest absolute Gasteiger partial charge is 0.323 e. The van der Waals surface area contributed by atoms with Crippen LogP contribution < -0.4 is 5.32 Å². The van der Waals surface area contributed by atoms with E-state index in [9.17, 15) is 14.0 Å². The Labute approximate surface area is 188 Å². The Morgan fingerprint density at radius 1 is 1.23 bits per heavy atom. The average Bonchev–Trinajstić information content (AvgIpc) is 3.08. The highest BCUT2D eigenvalue weighted by molar-refractivity contribution is 8.15. The molecule has 0 saturated carbocycles. The summed E-state index contributed by atoms with van der Waals surface area (Å²) in [7, 11) is 0. The lowest BCUT2D eigenvalue weighted by atomic mass is 10.1. The second-order valence-electron chi connectivity index (χ2n) is 7.60. The SMILES string of the molecule is CC(C)[C@H]1N=C2c3ccccc3N=C(S[C@@H](C)C(=O)Nc3ccc(Cl)cc3F)N2C1=O. The van der Waals surface area contributed by atoms with Gasteiger partial charge in [-0.2, -0.15) is 0 Å². The molecule has 0 radical (unpaired) electrons. The molecule has 0 unspecified atom stereocenters. The van der Waals surface area contributed by atoms with Crippen molar-refractivity contribution in [1.29, 1.82) is 0 Å². The Kier molecular flexibility index (Phi) is 5.85. The predicted molar refractivity (Wildman–Crippen MR) is 123 cm³/mol. The van der Waals surface area contributed by atoms with E-state index < -0.39 is 23.0 Å². The second-order valence-corrected chi connectivity index (χ2v) is 9.34. The number of thioether (sulfide) groups is 1. The molecule has 0 bridgehead atoms. The third-order valence-electron chi connectivity index (χ3n) is 4.97. The van der Waals surface area contributed by atoms with Crippen LogP contribution in [0.15, 0.2) is 52.4 Å². The second kappa shape index (κ2) is 8.43. The molecule has 0 fully saturated rings. The van der Waals surface area contributed by atoms with Crippen molar-refractivity contribution in [3.63, 3.8) is 0 Å². The Morgan fingerprint density at radius 2 is 1.97 bits per heavy atom. The molecule has 160 valence electrons. The van der Waals surface area contributed by atoms with E-state index in [1.54, 1.807) is 6.92 Å². The number of carbonyl (C=O) groups is 2. The van der Waals surface area contributed by atoms with E-state index in [2.05, 4.69) is 15.3 Å². The number of amides is 2. The van der Waals surface area contributed by atoms with Crippen molar-refractivity contribution in [3.05, 3.63) is 58.9 Å². The lowest BCUT2D eigenvalue weighted by molar-refractivity contribution is -0.125. The third kappa shape index (κ3) is 4.09. The van der Waals surface area contributed by atoms with Crippen LogP contribution in [0.5, 0.6) is 0 Å². The van der Waals surface area contributed by atoms with Crippen LogP contribution in [0.2, 0.25) is 5.02 Å². The number of aliphatic imine (C=N–C) groups is 2. The number of halogens is 2. The Bertz CT molecular complexity index is 1130. The molecule has 0 spiro atoms. The molecule has 2 aromatic rings. The van der Waals surface area contributed by atoms with Crippen LogP contribution in [0, 0.1) is 11.7 Å². The van der Waals surface area contributed by atoms with Gasteiger partial charge in [0.25, 0.3) is 5.91 Å². The summed E-state index contributed by atoms with van der Waals surface area (Å²) in [6.45, 7) is 5.56. The van der Waals surface area contributed by atoms with Gasteiger partial charge in [-0.05, 0) is 43.2 Å². The normalized spacial score (nSPS) is 18.3. The fourth-order valence-corrected chi connectivity index (χ4v) is 4.39. The van der Waals surface area contributed by atoms with Gasteiger partial charge in [0.05, 0.1) is 16.6 Å². The molecule has 2 atom stereocenters. The molecule has 0 aliphatic carbocycles. The van der Waals surface area contributed by atoms with Crippen LogP contribution in [-0.4, -0.2) is 39.0 Å². The van der Waals surface area contributed by atoms with Crippen LogP contribution in [0.3, 0.4) is 0 Å². The van der Waals surface area contributed by atoms with Crippen molar-refractivity contribution in [1.82, 2.24) is 4.90 Å². The van der Waals surface area contributed by atoms with Gasteiger partial charge < -0.3 is 5.32 Å². The van der Waals surface area contributed by atoms with Gasteiger partial charge in [0, 0.05) is 10.6 Å². The molecule has 9 heteroatoms. The fourth-order valence-electron chi connectivity index (χ4n) is 3.32. The fraction of sp³-hybridized carbons (Fsp3) is 0.273. The number of nitrogens with zero attached hydrogens (tertiary/aromatic N) is 3. The molecule has 2 aromatic carbocycles. The Hall–Kier alpha value is -2.71. The molecule has 2 aliphatic rings. The molecule has 6 nitrogen and oxygen atoms in total. The highest BCUT2D eigenvalue weighted by Gasteiger charge is 2.43. The standard InChI is InChI=1S/C22H20ClFN4O2S/c1-11(2)18-21(30)28-19(27-18)14-6-4-5-7-16(14)26-22(28)31-12(3)20(29)25-17-9-8-13(23)10-15(17)24/h4-12,18H,1-3H3,(H,25,29)/t12-,18+/m0/s1. The van der Waals surface area contributed by atoms with E-state index in [1.807, 2.05) is 38.1 Å². The van der Waals surface area contributed by atoms with Crippen LogP contribution in [0.25, 0.3) is 0 Å². The molecular formula is C22H20ClFN4O2S. The topological polar surface area (TPSA) is 74.1 Å². The maximum Gasteiger partial charge on any atom is 0.259 e. The van der Waals surface area contributed by atoms with E-state index in [-0.39, 0.29) is 22.5 Å². The van der Waals surface area contributed by atoms with Crippen molar-refractivity contribution in [2.45, 2.75) is 32.1 Å². The first kappa shape index (κ1) is 21.5. The monoisotopic (exact) mass is 458 g/mol. The molecule has 0 aromatic heterocycles. The quantitative estimate of drug-likeness (QED) is 0.711. The smallest absolute Gasteiger partial charge is 0.259 e. The minimum absolute atomic E-state index is 0.0256. The zero-order valence-corrected chi connectivity index (χ0v) is 18.7. The first-order chi connectivity index (χ1) is 14.8. The zero-order valence-electron chi connectivity index (χ0n) is 17.1. The van der Waals surface area contributed by atoms with Crippen LogP contribution in [0.4, 0.5) is 15.8 Å². The van der Waals surface area contributed by atoms with E-state index in [0.717, 1.165) is 23.4 Å². The van der Waals surface area contributed by atoms with Gasteiger partial charge in [-0.15, -0.1) is 0 Å². The number of fused-ring (bicyclic) bond motifs is 3. The molecular weight excluding hydrogens is 439 g/mol.